The summed E-state index contributed by atoms with van der Waals surface area (Å²) in [5.74, 6) is -0.780. The molecule has 0 aromatic carbocycles. The van der Waals surface area contributed by atoms with Crippen molar-refractivity contribution in [2.45, 2.75) is 64.6 Å². The summed E-state index contributed by atoms with van der Waals surface area (Å²) < 4.78 is 27.1. The lowest BCUT2D eigenvalue weighted by atomic mass is 9.98. The number of carbonyl (C=O) groups is 2. The van der Waals surface area contributed by atoms with Crippen LogP contribution in [0.5, 0.6) is 0 Å². The van der Waals surface area contributed by atoms with E-state index in [4.69, 9.17) is 23.7 Å². The second kappa shape index (κ2) is 15.2. The first kappa shape index (κ1) is 25.3. The van der Waals surface area contributed by atoms with Gasteiger partial charge in [0.1, 0.15) is 12.7 Å². The fraction of sp³-hybridized carbons (Fsp3) is 0.727. The minimum absolute atomic E-state index is 0.00615. The molecule has 7 nitrogen and oxygen atoms in total. The maximum atomic E-state index is 12.3. The van der Waals surface area contributed by atoms with Crippen LogP contribution < -0.4 is 0 Å². The van der Waals surface area contributed by atoms with Crippen LogP contribution in [0.1, 0.15) is 52.4 Å². The predicted molar refractivity (Wildman–Crippen MR) is 110 cm³/mol. The van der Waals surface area contributed by atoms with Crippen molar-refractivity contribution in [1.82, 2.24) is 0 Å². The van der Waals surface area contributed by atoms with Gasteiger partial charge in [-0.25, -0.2) is 9.59 Å². The summed E-state index contributed by atoms with van der Waals surface area (Å²) in [7, 11) is 0. The van der Waals surface area contributed by atoms with E-state index >= 15 is 0 Å². The zero-order valence-corrected chi connectivity index (χ0v) is 17.9. The van der Waals surface area contributed by atoms with Gasteiger partial charge in [-0.05, 0) is 39.5 Å². The maximum Gasteiger partial charge on any atom is 0.333 e. The molecule has 1 rings (SSSR count). The van der Waals surface area contributed by atoms with E-state index in [2.05, 4.69) is 13.2 Å². The van der Waals surface area contributed by atoms with Crippen molar-refractivity contribution in [3.63, 3.8) is 0 Å². The number of hydrogen-bond acceptors (Lipinski definition) is 7. The van der Waals surface area contributed by atoms with E-state index < -0.39 is 5.97 Å². The topological polar surface area (TPSA) is 80.3 Å². The van der Waals surface area contributed by atoms with Gasteiger partial charge in [0.25, 0.3) is 0 Å². The summed E-state index contributed by atoms with van der Waals surface area (Å²) in [6.07, 6.45) is 5.32. The van der Waals surface area contributed by atoms with Gasteiger partial charge in [0.2, 0.25) is 0 Å². The zero-order valence-electron chi connectivity index (χ0n) is 17.9. The average Bonchev–Trinajstić information content (AvgIpc) is 2.71. The molecule has 1 unspecified atom stereocenters. The lowest BCUT2D eigenvalue weighted by Crippen LogP contribution is -2.27. The Balaban J connectivity index is 2.25. The molecule has 0 heterocycles. The van der Waals surface area contributed by atoms with Gasteiger partial charge in [-0.15, -0.1) is 0 Å². The minimum Gasteiger partial charge on any atom is -0.460 e. The molecular weight excluding hydrogens is 376 g/mol. The fourth-order valence-electron chi connectivity index (χ4n) is 2.88. The van der Waals surface area contributed by atoms with E-state index in [1.807, 2.05) is 6.92 Å². The van der Waals surface area contributed by atoms with Gasteiger partial charge in [-0.1, -0.05) is 19.6 Å². The van der Waals surface area contributed by atoms with Gasteiger partial charge in [0.05, 0.1) is 32.5 Å². The van der Waals surface area contributed by atoms with Gasteiger partial charge in [0.15, 0.2) is 0 Å². The molecule has 0 N–H and O–H groups in total. The summed E-state index contributed by atoms with van der Waals surface area (Å²) in [5.41, 5.74) is 0.752. The molecule has 0 spiro atoms. The molecule has 1 fully saturated rings. The molecular formula is C22H36O7. The number of carbonyl (C=O) groups excluding carboxylic acids is 2. The van der Waals surface area contributed by atoms with Crippen molar-refractivity contribution in [1.29, 1.82) is 0 Å². The molecule has 1 saturated carbocycles. The average molecular weight is 413 g/mol. The standard InChI is InChI=1S/C22H36O7/c1-5-25-16-20(27-13-11-26-12-14-28-21(23)17(2)3)15-18(4)22(24)29-19-9-7-6-8-10-19/h19-20H,2,4-16H2,1,3H3. The van der Waals surface area contributed by atoms with Crippen LogP contribution in [0.25, 0.3) is 0 Å². The Morgan fingerprint density at radius 3 is 2.31 bits per heavy atom. The van der Waals surface area contributed by atoms with Crippen molar-refractivity contribution >= 4 is 11.9 Å². The Morgan fingerprint density at radius 1 is 0.966 bits per heavy atom. The Labute approximate surface area is 174 Å². The molecule has 29 heavy (non-hydrogen) atoms. The molecule has 0 aromatic heterocycles. The largest absolute Gasteiger partial charge is 0.460 e. The molecule has 0 aliphatic heterocycles. The number of hydrogen-bond donors (Lipinski definition) is 0. The maximum absolute atomic E-state index is 12.3. The highest BCUT2D eigenvalue weighted by molar-refractivity contribution is 5.88. The SMILES string of the molecule is C=C(C)C(=O)OCCOCCOC(COCC)CC(=C)C(=O)OC1CCCCC1. The van der Waals surface area contributed by atoms with Crippen LogP contribution in [0.3, 0.4) is 0 Å². The number of ether oxygens (including phenoxy) is 5. The van der Waals surface area contributed by atoms with Crippen molar-refractivity contribution in [3.05, 3.63) is 24.3 Å². The van der Waals surface area contributed by atoms with Crippen LogP contribution in [-0.4, -0.2) is 63.8 Å². The van der Waals surface area contributed by atoms with Crippen molar-refractivity contribution in [3.8, 4) is 0 Å². The van der Waals surface area contributed by atoms with E-state index in [0.717, 1.165) is 25.7 Å². The van der Waals surface area contributed by atoms with Gasteiger partial charge < -0.3 is 23.7 Å². The molecule has 0 saturated heterocycles. The normalized spacial score (nSPS) is 15.5. The fourth-order valence-corrected chi connectivity index (χ4v) is 2.88. The Hall–Kier alpha value is -1.70. The Kier molecular flexibility index (Phi) is 13.3. The Bertz CT molecular complexity index is 523. The lowest BCUT2D eigenvalue weighted by Gasteiger charge is -2.23. The van der Waals surface area contributed by atoms with Crippen molar-refractivity contribution in [2.75, 3.05) is 39.6 Å². The first-order valence-electron chi connectivity index (χ1n) is 10.4. The third-order valence-corrected chi connectivity index (χ3v) is 4.49. The monoisotopic (exact) mass is 412 g/mol. The van der Waals surface area contributed by atoms with Crippen LogP contribution >= 0.6 is 0 Å². The lowest BCUT2D eigenvalue weighted by molar-refractivity contribution is -0.146. The molecule has 0 bridgehead atoms. The van der Waals surface area contributed by atoms with Gasteiger partial charge >= 0.3 is 11.9 Å². The highest BCUT2D eigenvalue weighted by Crippen LogP contribution is 2.22. The summed E-state index contributed by atoms with van der Waals surface area (Å²) in [5, 5.41) is 0. The second-order valence-corrected chi connectivity index (χ2v) is 7.15. The van der Waals surface area contributed by atoms with Crippen LogP contribution in [0.4, 0.5) is 0 Å². The quantitative estimate of drug-likeness (QED) is 0.232. The van der Waals surface area contributed by atoms with Crippen molar-refractivity contribution < 1.29 is 33.3 Å². The molecule has 166 valence electrons. The summed E-state index contributed by atoms with van der Waals surface area (Å²) in [6, 6.07) is 0. The third kappa shape index (κ3) is 11.8. The van der Waals surface area contributed by atoms with E-state index in [-0.39, 0.29) is 31.4 Å². The van der Waals surface area contributed by atoms with Crippen LogP contribution in [0.15, 0.2) is 24.3 Å². The van der Waals surface area contributed by atoms with Crippen LogP contribution in [0, 0.1) is 0 Å². The summed E-state index contributed by atoms with van der Waals surface area (Å²) in [4.78, 5) is 23.5. The van der Waals surface area contributed by atoms with E-state index in [0.29, 0.717) is 44.0 Å². The van der Waals surface area contributed by atoms with Crippen LogP contribution in [-0.2, 0) is 33.3 Å². The molecule has 7 heteroatoms. The van der Waals surface area contributed by atoms with E-state index in [1.54, 1.807) is 6.92 Å². The molecule has 0 radical (unpaired) electrons. The minimum atomic E-state index is -0.430. The van der Waals surface area contributed by atoms with Gasteiger partial charge in [0, 0.05) is 24.2 Å². The molecule has 0 amide bonds. The highest BCUT2D eigenvalue weighted by Gasteiger charge is 2.22. The number of esters is 2. The first-order valence-corrected chi connectivity index (χ1v) is 10.4. The van der Waals surface area contributed by atoms with Gasteiger partial charge in [-0.2, -0.15) is 0 Å². The third-order valence-electron chi connectivity index (χ3n) is 4.49. The molecule has 0 aromatic rings. The summed E-state index contributed by atoms with van der Waals surface area (Å²) in [6.45, 7) is 12.9. The summed E-state index contributed by atoms with van der Waals surface area (Å²) >= 11 is 0. The number of rotatable bonds is 15. The van der Waals surface area contributed by atoms with Gasteiger partial charge in [-0.3, -0.25) is 0 Å². The van der Waals surface area contributed by atoms with E-state index in [9.17, 15) is 9.59 Å². The molecule has 1 aliphatic rings. The molecule has 1 atom stereocenters. The molecule has 1 aliphatic carbocycles. The second-order valence-electron chi connectivity index (χ2n) is 7.15. The smallest absolute Gasteiger partial charge is 0.333 e. The zero-order chi connectivity index (χ0) is 21.5. The highest BCUT2D eigenvalue weighted by atomic mass is 16.6. The van der Waals surface area contributed by atoms with Crippen molar-refractivity contribution in [2.24, 2.45) is 0 Å². The predicted octanol–water partition coefficient (Wildman–Crippen LogP) is 3.37. The van der Waals surface area contributed by atoms with Crippen LogP contribution in [0.2, 0.25) is 0 Å². The Morgan fingerprint density at radius 2 is 1.66 bits per heavy atom. The first-order chi connectivity index (χ1) is 13.9. The van der Waals surface area contributed by atoms with E-state index in [1.165, 1.54) is 6.42 Å².